The molecule has 8 heteroatoms. The second-order valence-electron chi connectivity index (χ2n) is 6.69. The van der Waals surface area contributed by atoms with E-state index in [0.717, 1.165) is 30.0 Å². The van der Waals surface area contributed by atoms with Crippen LogP contribution < -0.4 is 10.1 Å². The van der Waals surface area contributed by atoms with Gasteiger partial charge in [-0.15, -0.1) is 10.2 Å². The molecule has 1 aromatic heterocycles. The molecule has 1 amide bonds. The van der Waals surface area contributed by atoms with Crippen LogP contribution in [0.25, 0.3) is 11.5 Å². The van der Waals surface area contributed by atoms with Crippen molar-refractivity contribution in [3.8, 4) is 17.2 Å². The molecular formula is C21H24N4O3S. The summed E-state index contributed by atoms with van der Waals surface area (Å²) in [4.78, 5) is 14.3. The number of hydrogen-bond acceptors (Lipinski definition) is 7. The van der Waals surface area contributed by atoms with E-state index in [-0.39, 0.29) is 11.7 Å². The molecule has 0 aliphatic heterocycles. The zero-order chi connectivity index (χ0) is 20.6. The monoisotopic (exact) mass is 412 g/mol. The Labute approximate surface area is 174 Å². The van der Waals surface area contributed by atoms with Gasteiger partial charge in [-0.25, -0.2) is 0 Å². The number of benzene rings is 2. The molecule has 0 fully saturated rings. The summed E-state index contributed by atoms with van der Waals surface area (Å²) in [5.74, 6) is 1.22. The number of carbonyl (C=O) groups is 1. The van der Waals surface area contributed by atoms with Crippen LogP contribution in [0.4, 0.5) is 5.69 Å². The van der Waals surface area contributed by atoms with E-state index < -0.39 is 0 Å². The zero-order valence-electron chi connectivity index (χ0n) is 16.7. The molecule has 0 bridgehead atoms. The van der Waals surface area contributed by atoms with Gasteiger partial charge in [0.1, 0.15) is 5.75 Å². The van der Waals surface area contributed by atoms with Crippen LogP contribution in [0.15, 0.2) is 58.2 Å². The largest absolute Gasteiger partial charge is 0.497 e. The Morgan fingerprint density at radius 2 is 1.83 bits per heavy atom. The van der Waals surface area contributed by atoms with Crippen molar-refractivity contribution >= 4 is 23.4 Å². The van der Waals surface area contributed by atoms with E-state index in [1.165, 1.54) is 17.3 Å². The van der Waals surface area contributed by atoms with Crippen LogP contribution in [0.5, 0.6) is 5.75 Å². The number of nitrogens with zero attached hydrogens (tertiary/aromatic N) is 3. The third-order valence-electron chi connectivity index (χ3n) is 4.16. The molecule has 7 nitrogen and oxygen atoms in total. The molecule has 0 spiro atoms. The molecule has 0 aliphatic rings. The molecule has 29 heavy (non-hydrogen) atoms. The minimum Gasteiger partial charge on any atom is -0.497 e. The molecule has 0 unspecified atom stereocenters. The molecular weight excluding hydrogens is 388 g/mol. The van der Waals surface area contributed by atoms with Gasteiger partial charge in [-0.2, -0.15) is 0 Å². The molecule has 2 aromatic carbocycles. The number of likely N-dealkylation sites (N-methyl/N-ethyl adjacent to an activating group) is 1. The van der Waals surface area contributed by atoms with E-state index >= 15 is 0 Å². The van der Waals surface area contributed by atoms with Gasteiger partial charge in [0.2, 0.25) is 11.8 Å². The average Bonchev–Trinajstić information content (AvgIpc) is 3.21. The zero-order valence-corrected chi connectivity index (χ0v) is 17.5. The van der Waals surface area contributed by atoms with Crippen molar-refractivity contribution in [1.82, 2.24) is 15.1 Å². The van der Waals surface area contributed by atoms with Gasteiger partial charge in [0, 0.05) is 17.8 Å². The molecule has 0 saturated carbocycles. The van der Waals surface area contributed by atoms with Crippen molar-refractivity contribution in [2.45, 2.75) is 11.6 Å². The van der Waals surface area contributed by atoms with E-state index in [1.807, 2.05) is 48.5 Å². The van der Waals surface area contributed by atoms with E-state index in [0.29, 0.717) is 11.1 Å². The minimum absolute atomic E-state index is 0.125. The van der Waals surface area contributed by atoms with Crippen LogP contribution in [0.3, 0.4) is 0 Å². The summed E-state index contributed by atoms with van der Waals surface area (Å²) in [6.07, 6.45) is 0.977. The number of hydrogen-bond donors (Lipinski definition) is 1. The maximum atomic E-state index is 12.2. The van der Waals surface area contributed by atoms with Crippen LogP contribution in [-0.4, -0.2) is 54.5 Å². The van der Waals surface area contributed by atoms with E-state index in [1.54, 1.807) is 7.11 Å². The third kappa shape index (κ3) is 6.33. The summed E-state index contributed by atoms with van der Waals surface area (Å²) in [7, 11) is 5.71. The first kappa shape index (κ1) is 20.9. The lowest BCUT2D eigenvalue weighted by atomic mass is 10.1. The van der Waals surface area contributed by atoms with E-state index in [4.69, 9.17) is 9.15 Å². The van der Waals surface area contributed by atoms with Crippen molar-refractivity contribution in [3.05, 3.63) is 54.1 Å². The highest BCUT2D eigenvalue weighted by atomic mass is 32.2. The fourth-order valence-electron chi connectivity index (χ4n) is 2.55. The van der Waals surface area contributed by atoms with Crippen molar-refractivity contribution in [2.24, 2.45) is 0 Å². The van der Waals surface area contributed by atoms with Gasteiger partial charge in [-0.3, -0.25) is 4.79 Å². The molecule has 0 radical (unpaired) electrons. The molecule has 0 saturated heterocycles. The van der Waals surface area contributed by atoms with Crippen LogP contribution in [0.2, 0.25) is 0 Å². The molecule has 0 atom stereocenters. The third-order valence-corrected chi connectivity index (χ3v) is 4.97. The molecule has 0 aliphatic carbocycles. The number of thioether (sulfide) groups is 1. The molecule has 1 heterocycles. The Morgan fingerprint density at radius 3 is 2.48 bits per heavy atom. The van der Waals surface area contributed by atoms with Gasteiger partial charge < -0.3 is 19.4 Å². The van der Waals surface area contributed by atoms with Gasteiger partial charge in [0.25, 0.3) is 5.22 Å². The molecule has 1 N–H and O–H groups in total. The molecule has 152 valence electrons. The Morgan fingerprint density at radius 1 is 1.10 bits per heavy atom. The Balaban J connectivity index is 1.48. The van der Waals surface area contributed by atoms with Crippen LogP contribution in [0, 0.1) is 0 Å². The summed E-state index contributed by atoms with van der Waals surface area (Å²) in [6.45, 7) is 0.991. The smallest absolute Gasteiger partial charge is 0.277 e. The topological polar surface area (TPSA) is 80.5 Å². The van der Waals surface area contributed by atoms with Crippen molar-refractivity contribution in [1.29, 1.82) is 0 Å². The summed E-state index contributed by atoms with van der Waals surface area (Å²) >= 11 is 1.20. The lowest BCUT2D eigenvalue weighted by Gasteiger charge is -2.10. The maximum Gasteiger partial charge on any atom is 0.277 e. The number of rotatable bonds is 9. The van der Waals surface area contributed by atoms with Gasteiger partial charge >= 0.3 is 0 Å². The standard InChI is InChI=1S/C21H24N4O3S/c1-25(2)13-12-15-4-8-17(9-5-15)22-19(26)14-29-21-24-23-20(28-21)16-6-10-18(27-3)11-7-16/h4-11H,12-14H2,1-3H3,(H,22,26). The maximum absolute atomic E-state index is 12.2. The minimum atomic E-state index is -0.125. The number of amides is 1. The normalized spacial score (nSPS) is 10.9. The van der Waals surface area contributed by atoms with Crippen molar-refractivity contribution in [2.75, 3.05) is 38.8 Å². The van der Waals surface area contributed by atoms with Gasteiger partial charge in [-0.1, -0.05) is 23.9 Å². The summed E-state index contributed by atoms with van der Waals surface area (Å²) in [5, 5.41) is 11.3. The first-order valence-corrected chi connectivity index (χ1v) is 10.2. The quantitative estimate of drug-likeness (QED) is 0.538. The van der Waals surface area contributed by atoms with Gasteiger partial charge in [0.15, 0.2) is 0 Å². The Kier molecular flexibility index (Phi) is 7.26. The number of anilines is 1. The van der Waals surface area contributed by atoms with Crippen LogP contribution in [0.1, 0.15) is 5.56 Å². The lowest BCUT2D eigenvalue weighted by molar-refractivity contribution is -0.113. The van der Waals surface area contributed by atoms with Crippen LogP contribution >= 0.6 is 11.8 Å². The van der Waals surface area contributed by atoms with E-state index in [9.17, 15) is 4.79 Å². The summed E-state index contributed by atoms with van der Waals surface area (Å²) < 4.78 is 10.8. The van der Waals surface area contributed by atoms with Crippen molar-refractivity contribution < 1.29 is 13.9 Å². The molecule has 3 rings (SSSR count). The molecule has 3 aromatic rings. The first-order valence-electron chi connectivity index (χ1n) is 9.18. The highest BCUT2D eigenvalue weighted by Gasteiger charge is 2.11. The second kappa shape index (κ2) is 10.1. The van der Waals surface area contributed by atoms with Gasteiger partial charge in [0.05, 0.1) is 12.9 Å². The number of carbonyl (C=O) groups excluding carboxylic acids is 1. The second-order valence-corrected chi connectivity index (χ2v) is 7.62. The summed E-state index contributed by atoms with van der Waals surface area (Å²) in [5.41, 5.74) is 2.81. The van der Waals surface area contributed by atoms with E-state index in [2.05, 4.69) is 34.5 Å². The Hall–Kier alpha value is -2.84. The highest BCUT2D eigenvalue weighted by Crippen LogP contribution is 2.25. The predicted molar refractivity (Wildman–Crippen MR) is 114 cm³/mol. The number of ether oxygens (including phenoxy) is 1. The fourth-order valence-corrected chi connectivity index (χ4v) is 3.11. The van der Waals surface area contributed by atoms with Crippen molar-refractivity contribution in [3.63, 3.8) is 0 Å². The van der Waals surface area contributed by atoms with Gasteiger partial charge in [-0.05, 0) is 62.5 Å². The highest BCUT2D eigenvalue weighted by molar-refractivity contribution is 7.99. The number of aromatic nitrogens is 2. The number of nitrogens with one attached hydrogen (secondary N) is 1. The average molecular weight is 413 g/mol. The predicted octanol–water partition coefficient (Wildman–Crippen LogP) is 3.58. The fraction of sp³-hybridized carbons (Fsp3) is 0.286. The first-order chi connectivity index (χ1) is 14.0. The lowest BCUT2D eigenvalue weighted by Crippen LogP contribution is -2.15. The summed E-state index contributed by atoms with van der Waals surface area (Å²) in [6, 6.07) is 15.2. The SMILES string of the molecule is COc1ccc(-c2nnc(SCC(=O)Nc3ccc(CCN(C)C)cc3)o2)cc1. The van der Waals surface area contributed by atoms with Crippen LogP contribution in [-0.2, 0) is 11.2 Å². The number of methoxy groups -OCH3 is 1. The Bertz CT molecular complexity index is 924.